The maximum Gasteiger partial charge on any atom is 0.243 e. The lowest BCUT2D eigenvalue weighted by Gasteiger charge is -2.02. The molecule has 0 atom stereocenters. The average Bonchev–Trinajstić information content (AvgIpc) is 3.10. The minimum Gasteiger partial charge on any atom is -0.347 e. The van der Waals surface area contributed by atoms with Crippen molar-refractivity contribution in [1.29, 1.82) is 0 Å². The summed E-state index contributed by atoms with van der Waals surface area (Å²) in [5, 5.41) is 2.69. The van der Waals surface area contributed by atoms with Crippen molar-refractivity contribution in [2.45, 2.75) is 25.3 Å². The summed E-state index contributed by atoms with van der Waals surface area (Å²) in [6.45, 7) is 3.85. The first-order valence-corrected chi connectivity index (χ1v) is 5.14. The van der Waals surface area contributed by atoms with Crippen molar-refractivity contribution in [3.05, 3.63) is 42.2 Å². The van der Waals surface area contributed by atoms with E-state index in [1.165, 1.54) is 24.5 Å². The van der Waals surface area contributed by atoms with Crippen molar-refractivity contribution in [3.63, 3.8) is 0 Å². The minimum absolute atomic E-state index is 0.164. The van der Waals surface area contributed by atoms with Gasteiger partial charge in [-0.1, -0.05) is 12.6 Å². The van der Waals surface area contributed by atoms with Crippen molar-refractivity contribution >= 4 is 5.91 Å². The van der Waals surface area contributed by atoms with Crippen LogP contribution in [0.15, 0.2) is 31.0 Å². The first-order chi connectivity index (χ1) is 7.29. The van der Waals surface area contributed by atoms with Crippen LogP contribution in [0.25, 0.3) is 0 Å². The molecule has 15 heavy (non-hydrogen) atoms. The van der Waals surface area contributed by atoms with Gasteiger partial charge in [0.25, 0.3) is 0 Å². The summed E-state index contributed by atoms with van der Waals surface area (Å²) in [4.78, 5) is 15.2. The van der Waals surface area contributed by atoms with Crippen LogP contribution in [0.1, 0.15) is 30.0 Å². The highest BCUT2D eigenvalue weighted by atomic mass is 16.1. The smallest absolute Gasteiger partial charge is 0.243 e. The highest BCUT2D eigenvalue weighted by molar-refractivity contribution is 5.86. The largest absolute Gasteiger partial charge is 0.347 e. The second-order valence-corrected chi connectivity index (χ2v) is 3.78. The predicted molar refractivity (Wildman–Crippen MR) is 58.3 cm³/mol. The molecule has 3 nitrogen and oxygen atoms in total. The number of rotatable bonds is 4. The van der Waals surface area contributed by atoms with Crippen molar-refractivity contribution in [2.24, 2.45) is 0 Å². The fraction of sp³-hybridized carbons (Fsp3) is 0.333. The van der Waals surface area contributed by atoms with Crippen LogP contribution in [0.5, 0.6) is 0 Å². The number of carbonyl (C=O) groups excluding carboxylic acids is 1. The molecule has 1 aliphatic carbocycles. The molecule has 78 valence electrons. The van der Waals surface area contributed by atoms with Crippen molar-refractivity contribution in [3.8, 4) is 0 Å². The minimum atomic E-state index is -0.164. The monoisotopic (exact) mass is 202 g/mol. The summed E-state index contributed by atoms with van der Waals surface area (Å²) in [7, 11) is 0. The molecule has 2 rings (SSSR count). The molecule has 0 aliphatic heterocycles. The fourth-order valence-electron chi connectivity index (χ4n) is 1.45. The van der Waals surface area contributed by atoms with E-state index in [4.69, 9.17) is 0 Å². The Kier molecular flexibility index (Phi) is 2.81. The molecule has 1 amide bonds. The zero-order valence-corrected chi connectivity index (χ0v) is 8.57. The topological polar surface area (TPSA) is 42.0 Å². The Hall–Kier alpha value is -1.64. The maximum absolute atomic E-state index is 10.9. The molecule has 1 aliphatic rings. The Balaban J connectivity index is 1.91. The fourth-order valence-corrected chi connectivity index (χ4v) is 1.45. The van der Waals surface area contributed by atoms with E-state index in [0.29, 0.717) is 6.54 Å². The zero-order valence-electron chi connectivity index (χ0n) is 8.57. The van der Waals surface area contributed by atoms with Crippen LogP contribution in [0, 0.1) is 0 Å². The van der Waals surface area contributed by atoms with Crippen LogP contribution in [-0.2, 0) is 11.3 Å². The Morgan fingerprint density at radius 3 is 2.93 bits per heavy atom. The van der Waals surface area contributed by atoms with Crippen molar-refractivity contribution in [1.82, 2.24) is 10.3 Å². The molecule has 3 heteroatoms. The van der Waals surface area contributed by atoms with Gasteiger partial charge in [0.05, 0.1) is 12.2 Å². The summed E-state index contributed by atoms with van der Waals surface area (Å²) in [5.41, 5.74) is 2.20. The lowest BCUT2D eigenvalue weighted by atomic mass is 10.2. The van der Waals surface area contributed by atoms with E-state index in [-0.39, 0.29) is 5.91 Å². The third-order valence-electron chi connectivity index (χ3n) is 2.53. The maximum atomic E-state index is 10.9. The van der Waals surface area contributed by atoms with Gasteiger partial charge in [-0.25, -0.2) is 0 Å². The number of nitrogens with one attached hydrogen (secondary N) is 1. The first kappa shape index (κ1) is 9.90. The van der Waals surface area contributed by atoms with Crippen molar-refractivity contribution in [2.75, 3.05) is 0 Å². The second kappa shape index (κ2) is 4.26. The molecule has 0 unspecified atom stereocenters. The summed E-state index contributed by atoms with van der Waals surface area (Å²) in [5.74, 6) is 0.567. The Labute approximate surface area is 89.2 Å². The van der Waals surface area contributed by atoms with Gasteiger partial charge in [-0.2, -0.15) is 0 Å². The molecule has 0 radical (unpaired) electrons. The standard InChI is InChI=1S/C12H14N2O/c1-2-12(15)14-8-11-6-5-10(7-13-11)9-3-4-9/h2,5-7,9H,1,3-4,8H2,(H,14,15). The van der Waals surface area contributed by atoms with Gasteiger partial charge in [0.15, 0.2) is 0 Å². The molecule has 0 spiro atoms. The SMILES string of the molecule is C=CC(=O)NCc1ccc(C2CC2)cn1. The molecular weight excluding hydrogens is 188 g/mol. The molecule has 1 heterocycles. The van der Waals surface area contributed by atoms with Crippen LogP contribution >= 0.6 is 0 Å². The normalized spacial score (nSPS) is 14.7. The molecule has 1 aromatic heterocycles. The third kappa shape index (κ3) is 2.65. The number of hydrogen-bond donors (Lipinski definition) is 1. The molecule has 1 aromatic rings. The summed E-state index contributed by atoms with van der Waals surface area (Å²) < 4.78 is 0. The lowest BCUT2D eigenvalue weighted by molar-refractivity contribution is -0.116. The number of hydrogen-bond acceptors (Lipinski definition) is 2. The number of pyridine rings is 1. The summed E-state index contributed by atoms with van der Waals surface area (Å²) in [6.07, 6.45) is 5.74. The van der Waals surface area contributed by atoms with E-state index in [2.05, 4.69) is 22.9 Å². The van der Waals surface area contributed by atoms with Gasteiger partial charge in [-0.15, -0.1) is 0 Å². The van der Waals surface area contributed by atoms with Gasteiger partial charge in [0, 0.05) is 6.20 Å². The van der Waals surface area contributed by atoms with Gasteiger partial charge in [-0.3, -0.25) is 9.78 Å². The molecule has 0 bridgehead atoms. The lowest BCUT2D eigenvalue weighted by Crippen LogP contribution is -2.20. The number of carbonyl (C=O) groups is 1. The van der Waals surface area contributed by atoms with Gasteiger partial charge in [0.2, 0.25) is 5.91 Å². The van der Waals surface area contributed by atoms with Gasteiger partial charge >= 0.3 is 0 Å². The number of amides is 1. The van der Waals surface area contributed by atoms with Crippen molar-refractivity contribution < 1.29 is 4.79 Å². The van der Waals surface area contributed by atoms with Crippen LogP contribution in [0.3, 0.4) is 0 Å². The molecule has 0 aromatic carbocycles. The number of nitrogens with zero attached hydrogens (tertiary/aromatic N) is 1. The van der Waals surface area contributed by atoms with Crippen LogP contribution in [0.4, 0.5) is 0 Å². The highest BCUT2D eigenvalue weighted by Crippen LogP contribution is 2.39. The van der Waals surface area contributed by atoms with E-state index in [1.807, 2.05) is 12.3 Å². The Morgan fingerprint density at radius 1 is 1.60 bits per heavy atom. The highest BCUT2D eigenvalue weighted by Gasteiger charge is 2.23. The second-order valence-electron chi connectivity index (χ2n) is 3.78. The Morgan fingerprint density at radius 2 is 2.40 bits per heavy atom. The van der Waals surface area contributed by atoms with Crippen LogP contribution in [-0.4, -0.2) is 10.9 Å². The van der Waals surface area contributed by atoms with E-state index >= 15 is 0 Å². The van der Waals surface area contributed by atoms with Crippen LogP contribution in [0.2, 0.25) is 0 Å². The van der Waals surface area contributed by atoms with E-state index in [0.717, 1.165) is 11.6 Å². The summed E-state index contributed by atoms with van der Waals surface area (Å²) >= 11 is 0. The third-order valence-corrected chi connectivity index (χ3v) is 2.53. The van der Waals surface area contributed by atoms with Gasteiger partial charge < -0.3 is 5.32 Å². The molecule has 1 N–H and O–H groups in total. The molecular formula is C12H14N2O. The van der Waals surface area contributed by atoms with Crippen LogP contribution < -0.4 is 5.32 Å². The Bertz CT molecular complexity index is 366. The van der Waals surface area contributed by atoms with E-state index < -0.39 is 0 Å². The predicted octanol–water partition coefficient (Wildman–Crippen LogP) is 1.76. The summed E-state index contributed by atoms with van der Waals surface area (Å²) in [6, 6.07) is 4.07. The van der Waals surface area contributed by atoms with Gasteiger partial charge in [0.1, 0.15) is 0 Å². The molecule has 1 fully saturated rings. The zero-order chi connectivity index (χ0) is 10.7. The quantitative estimate of drug-likeness (QED) is 0.756. The average molecular weight is 202 g/mol. The van der Waals surface area contributed by atoms with Gasteiger partial charge in [-0.05, 0) is 36.5 Å². The first-order valence-electron chi connectivity index (χ1n) is 5.14. The molecule has 1 saturated carbocycles. The molecule has 0 saturated heterocycles. The number of aromatic nitrogens is 1. The van der Waals surface area contributed by atoms with E-state index in [9.17, 15) is 4.79 Å². The van der Waals surface area contributed by atoms with E-state index in [1.54, 1.807) is 0 Å².